The van der Waals surface area contributed by atoms with Crippen molar-refractivity contribution in [2.24, 2.45) is 5.92 Å². The summed E-state index contributed by atoms with van der Waals surface area (Å²) >= 11 is 0. The molecule has 0 aromatic carbocycles. The molecule has 0 unspecified atom stereocenters. The van der Waals surface area contributed by atoms with Gasteiger partial charge in [-0.15, -0.1) is 0 Å². The molecule has 0 heterocycles. The van der Waals surface area contributed by atoms with Gasteiger partial charge in [0.1, 0.15) is 31.1 Å². The number of carboxylic acids is 3. The largest absolute Gasteiger partial charge is 0.481 e. The second kappa shape index (κ2) is 44.7. The Kier molecular flexibility index (Phi) is 41.7. The highest BCUT2D eigenvalue weighted by molar-refractivity contribution is 5.85. The van der Waals surface area contributed by atoms with Gasteiger partial charge in [-0.3, -0.25) is 33.6 Å². The molecular weight excluding hydrogens is 901 g/mol. The first-order valence-electron chi connectivity index (χ1n) is 25.2. The molecule has 69 heavy (non-hydrogen) atoms. The quantitative estimate of drug-likeness (QED) is 0.0392. The summed E-state index contributed by atoms with van der Waals surface area (Å²) in [5.41, 5.74) is 0. The van der Waals surface area contributed by atoms with Crippen LogP contribution in [0, 0.1) is 5.92 Å². The van der Waals surface area contributed by atoms with Crippen LogP contribution in [-0.2, 0) is 62.1 Å². The van der Waals surface area contributed by atoms with Gasteiger partial charge in [0, 0.05) is 57.7 Å². The molecule has 3 atom stereocenters. The standard InChI is InChI=1S/C49H86N4O16/c1-38(39(2)54)20-17-18-28-50-43(56)26-25-42(49(64)65)53-46(59)37-69-35-32-66-30-19-21-40(55)36-68-34-33-67-31-29-51-44(57)27-24-41(48(62)63)52-45(58)22-15-13-11-9-7-5-3-4-6-8-10-12-14-16-23-47(60)61/h38,41-42H,3-37H2,1-2H3,(H,50,56)(H,51,57)(H,52,58)(H,53,59)(H,60,61)(H,62,63)(H,64,65)/t38-,41-,42-/m0/s1. The Labute approximate surface area is 409 Å². The molecule has 0 aromatic heterocycles. The van der Waals surface area contributed by atoms with E-state index in [4.69, 9.17) is 24.1 Å². The Morgan fingerprint density at radius 2 is 0.855 bits per heavy atom. The topological polar surface area (TPSA) is 299 Å². The van der Waals surface area contributed by atoms with Crippen LogP contribution in [0.2, 0.25) is 0 Å². The molecule has 7 N–H and O–H groups in total. The highest BCUT2D eigenvalue weighted by Crippen LogP contribution is 2.14. The molecule has 0 aliphatic heterocycles. The van der Waals surface area contributed by atoms with Crippen LogP contribution in [0.4, 0.5) is 0 Å². The zero-order valence-electron chi connectivity index (χ0n) is 41.6. The molecule has 4 amide bonds. The summed E-state index contributed by atoms with van der Waals surface area (Å²) in [5.74, 6) is -4.89. The second-order valence-corrected chi connectivity index (χ2v) is 17.5. The van der Waals surface area contributed by atoms with Gasteiger partial charge in [-0.25, -0.2) is 9.59 Å². The Hall–Kier alpha value is -4.53. The molecule has 0 aliphatic rings. The first-order valence-corrected chi connectivity index (χ1v) is 25.2. The van der Waals surface area contributed by atoms with Crippen LogP contribution in [0.15, 0.2) is 0 Å². The number of rotatable bonds is 50. The zero-order valence-corrected chi connectivity index (χ0v) is 41.6. The number of ketones is 2. The van der Waals surface area contributed by atoms with E-state index in [0.29, 0.717) is 25.8 Å². The molecule has 0 bridgehead atoms. The number of hydrogen-bond donors (Lipinski definition) is 7. The SMILES string of the molecule is CC(=O)[C@@H](C)CCCCNC(=O)CC[C@H](NC(=O)COCCOCCCC(=O)COCCOCCNC(=O)CC[C@H](NC(=O)CCCCCCCCCCCCCCCCC(=O)O)C(=O)O)C(=O)O. The number of hydrogen-bond acceptors (Lipinski definition) is 13. The van der Waals surface area contributed by atoms with Crippen molar-refractivity contribution in [2.45, 2.75) is 186 Å². The van der Waals surface area contributed by atoms with E-state index in [1.54, 1.807) is 6.92 Å². The minimum Gasteiger partial charge on any atom is -0.481 e. The predicted octanol–water partition coefficient (Wildman–Crippen LogP) is 5.06. The van der Waals surface area contributed by atoms with Crippen molar-refractivity contribution in [1.29, 1.82) is 0 Å². The Morgan fingerprint density at radius 1 is 0.406 bits per heavy atom. The molecule has 0 spiro atoms. The van der Waals surface area contributed by atoms with Crippen LogP contribution in [0.25, 0.3) is 0 Å². The van der Waals surface area contributed by atoms with Crippen molar-refractivity contribution in [3.63, 3.8) is 0 Å². The lowest BCUT2D eigenvalue weighted by Crippen LogP contribution is -2.43. The normalized spacial score (nSPS) is 12.4. The third-order valence-corrected chi connectivity index (χ3v) is 11.3. The number of amides is 4. The monoisotopic (exact) mass is 987 g/mol. The molecular formula is C49H86N4O16. The lowest BCUT2D eigenvalue weighted by molar-refractivity contribution is -0.143. The number of nitrogens with one attached hydrogen (secondary N) is 4. The van der Waals surface area contributed by atoms with Crippen LogP contribution in [0.5, 0.6) is 0 Å². The first kappa shape index (κ1) is 64.5. The van der Waals surface area contributed by atoms with Crippen molar-refractivity contribution in [2.75, 3.05) is 65.9 Å². The first-order chi connectivity index (χ1) is 33.1. The van der Waals surface area contributed by atoms with Crippen molar-refractivity contribution in [1.82, 2.24) is 21.3 Å². The summed E-state index contributed by atoms with van der Waals surface area (Å²) < 4.78 is 21.4. The summed E-state index contributed by atoms with van der Waals surface area (Å²) in [7, 11) is 0. The summed E-state index contributed by atoms with van der Waals surface area (Å²) in [6.07, 6.45) is 18.0. The van der Waals surface area contributed by atoms with Crippen LogP contribution >= 0.6 is 0 Å². The number of Topliss-reactive ketones (excluding diaryl/α,β-unsaturated/α-hetero) is 2. The van der Waals surface area contributed by atoms with Crippen LogP contribution in [0.3, 0.4) is 0 Å². The molecule has 0 saturated carbocycles. The summed E-state index contributed by atoms with van der Waals surface area (Å²) in [6, 6.07) is -2.41. The second-order valence-electron chi connectivity index (χ2n) is 17.5. The van der Waals surface area contributed by atoms with Gasteiger partial charge in [-0.2, -0.15) is 0 Å². The number of unbranched alkanes of at least 4 members (excludes halogenated alkanes) is 14. The minimum absolute atomic E-state index is 0.0211. The van der Waals surface area contributed by atoms with Crippen molar-refractivity contribution < 1.29 is 77.4 Å². The number of carbonyl (C=O) groups excluding carboxylic acids is 6. The van der Waals surface area contributed by atoms with Gasteiger partial charge in [-0.05, 0) is 51.9 Å². The van der Waals surface area contributed by atoms with Crippen LogP contribution < -0.4 is 21.3 Å². The van der Waals surface area contributed by atoms with E-state index in [1.165, 1.54) is 38.5 Å². The van der Waals surface area contributed by atoms with Crippen molar-refractivity contribution >= 4 is 53.1 Å². The van der Waals surface area contributed by atoms with E-state index < -0.39 is 42.5 Å². The van der Waals surface area contributed by atoms with E-state index in [9.17, 15) is 53.4 Å². The number of ether oxygens (including phenoxy) is 4. The molecule has 0 saturated heterocycles. The van der Waals surface area contributed by atoms with E-state index >= 15 is 0 Å². The maximum atomic E-state index is 12.3. The van der Waals surface area contributed by atoms with E-state index in [2.05, 4.69) is 21.3 Å². The van der Waals surface area contributed by atoms with Crippen molar-refractivity contribution in [3.8, 4) is 0 Å². The van der Waals surface area contributed by atoms with Gasteiger partial charge < -0.3 is 55.5 Å². The fourth-order valence-electron chi connectivity index (χ4n) is 6.93. The van der Waals surface area contributed by atoms with Gasteiger partial charge in [0.15, 0.2) is 5.78 Å². The number of aliphatic carboxylic acids is 3. The molecule has 20 nitrogen and oxygen atoms in total. The minimum atomic E-state index is -1.27. The highest BCUT2D eigenvalue weighted by Gasteiger charge is 2.22. The zero-order chi connectivity index (χ0) is 51.3. The van der Waals surface area contributed by atoms with Crippen LogP contribution in [0.1, 0.15) is 174 Å². The molecule has 0 fully saturated rings. The maximum Gasteiger partial charge on any atom is 0.326 e. The molecule has 398 valence electrons. The summed E-state index contributed by atoms with van der Waals surface area (Å²) in [4.78, 5) is 106. The van der Waals surface area contributed by atoms with Crippen LogP contribution in [-0.4, -0.2) is 146 Å². The molecule has 0 aliphatic carbocycles. The predicted molar refractivity (Wildman–Crippen MR) is 256 cm³/mol. The maximum absolute atomic E-state index is 12.3. The average Bonchev–Trinajstić information content (AvgIpc) is 3.29. The Balaban J connectivity index is 3.79. The van der Waals surface area contributed by atoms with E-state index in [1.807, 2.05) is 6.92 Å². The van der Waals surface area contributed by atoms with Gasteiger partial charge in [-0.1, -0.05) is 90.4 Å². The third-order valence-electron chi connectivity index (χ3n) is 11.3. The molecule has 20 heteroatoms. The highest BCUT2D eigenvalue weighted by atomic mass is 16.5. The smallest absolute Gasteiger partial charge is 0.326 e. The van der Waals surface area contributed by atoms with Gasteiger partial charge in [0.25, 0.3) is 0 Å². The molecule has 0 radical (unpaired) electrons. The summed E-state index contributed by atoms with van der Waals surface area (Å²) in [6.45, 7) is 4.55. The number of carbonyl (C=O) groups is 9. The van der Waals surface area contributed by atoms with Gasteiger partial charge >= 0.3 is 17.9 Å². The summed E-state index contributed by atoms with van der Waals surface area (Å²) in [5, 5.41) is 37.9. The fourth-order valence-corrected chi connectivity index (χ4v) is 6.93. The molecule has 0 aromatic rings. The van der Waals surface area contributed by atoms with E-state index in [-0.39, 0.29) is 133 Å². The Bertz CT molecular complexity index is 1460. The number of carboxylic acid groups (broad SMARTS) is 3. The fraction of sp³-hybridized carbons (Fsp3) is 0.816. The lowest BCUT2D eigenvalue weighted by atomic mass is 10.0. The van der Waals surface area contributed by atoms with Gasteiger partial charge in [0.05, 0.1) is 33.0 Å². The lowest BCUT2D eigenvalue weighted by Gasteiger charge is -2.15. The Morgan fingerprint density at radius 3 is 1.36 bits per heavy atom. The van der Waals surface area contributed by atoms with Gasteiger partial charge in [0.2, 0.25) is 23.6 Å². The average molecular weight is 987 g/mol. The molecule has 0 rings (SSSR count). The van der Waals surface area contributed by atoms with Crippen molar-refractivity contribution in [3.05, 3.63) is 0 Å². The van der Waals surface area contributed by atoms with E-state index in [0.717, 1.165) is 57.8 Å². The third kappa shape index (κ3) is 43.2.